The van der Waals surface area contributed by atoms with Crippen LogP contribution in [0, 0.1) is 35.5 Å². The molecular formula is C12H12Cl4. The van der Waals surface area contributed by atoms with E-state index in [2.05, 4.69) is 6.08 Å². The fourth-order valence-corrected chi connectivity index (χ4v) is 6.27. The van der Waals surface area contributed by atoms with Crippen LogP contribution in [0.3, 0.4) is 0 Å². The first kappa shape index (κ1) is 10.8. The Labute approximate surface area is 115 Å². The molecule has 0 aliphatic heterocycles. The van der Waals surface area contributed by atoms with Crippen LogP contribution >= 0.6 is 46.4 Å². The zero-order valence-corrected chi connectivity index (χ0v) is 11.6. The predicted octanol–water partition coefficient (Wildman–Crippen LogP) is 4.42. The molecule has 0 aromatic carbocycles. The Morgan fingerprint density at radius 3 is 2.69 bits per heavy atom. The molecule has 0 nitrogen and oxygen atoms in total. The molecule has 0 amide bonds. The third-order valence-electron chi connectivity index (χ3n) is 5.30. The second-order valence-corrected chi connectivity index (χ2v) is 8.15. The van der Waals surface area contributed by atoms with E-state index in [1.165, 1.54) is 6.42 Å². The normalized spacial score (nSPS) is 60.2. The molecule has 3 saturated carbocycles. The van der Waals surface area contributed by atoms with Crippen LogP contribution in [0.25, 0.3) is 0 Å². The molecule has 0 aromatic rings. The maximum Gasteiger partial charge on any atom is 0.125 e. The Morgan fingerprint density at radius 1 is 1.19 bits per heavy atom. The largest absolute Gasteiger partial charge is 0.125 e. The lowest BCUT2D eigenvalue weighted by Crippen LogP contribution is -2.23. The minimum Gasteiger partial charge on any atom is -0.117 e. The molecule has 4 aliphatic rings. The molecule has 16 heavy (non-hydrogen) atoms. The van der Waals surface area contributed by atoms with Crippen molar-refractivity contribution in [3.05, 3.63) is 11.1 Å². The standard InChI is InChI=1S/C12H12Cl4/c13-8-2-4-1-6(11(8)14)5-3-7-10(9(4)5)12(7,15)16/h2,4-7,9-11H,1,3H2/t4-,5-,6-,7-,9+,10-,11+/m1/s1. The maximum absolute atomic E-state index is 6.39. The Morgan fingerprint density at radius 2 is 1.94 bits per heavy atom. The van der Waals surface area contributed by atoms with E-state index < -0.39 is 4.33 Å². The Kier molecular flexibility index (Phi) is 2.07. The number of hydrogen-bond donors (Lipinski definition) is 0. The highest BCUT2D eigenvalue weighted by molar-refractivity contribution is 6.51. The van der Waals surface area contributed by atoms with Crippen molar-refractivity contribution in [2.75, 3.05) is 0 Å². The summed E-state index contributed by atoms with van der Waals surface area (Å²) in [5.74, 6) is 3.50. The van der Waals surface area contributed by atoms with Crippen molar-refractivity contribution >= 4 is 46.4 Å². The van der Waals surface area contributed by atoms with Crippen LogP contribution < -0.4 is 0 Å². The van der Waals surface area contributed by atoms with Crippen LogP contribution in [-0.2, 0) is 0 Å². The average molecular weight is 298 g/mol. The van der Waals surface area contributed by atoms with E-state index in [1.807, 2.05) is 0 Å². The first-order valence-electron chi connectivity index (χ1n) is 5.91. The van der Waals surface area contributed by atoms with Gasteiger partial charge in [-0.25, -0.2) is 0 Å². The second-order valence-electron chi connectivity index (χ2n) is 5.80. The van der Waals surface area contributed by atoms with Gasteiger partial charge in [-0.2, -0.15) is 0 Å². The van der Waals surface area contributed by atoms with E-state index in [0.29, 0.717) is 35.5 Å². The maximum atomic E-state index is 6.39. The van der Waals surface area contributed by atoms with Crippen molar-refractivity contribution in [3.8, 4) is 0 Å². The van der Waals surface area contributed by atoms with Crippen molar-refractivity contribution in [2.45, 2.75) is 22.6 Å². The fourth-order valence-electron chi connectivity index (χ4n) is 4.67. The molecule has 4 aliphatic carbocycles. The minimum absolute atomic E-state index is 0.0328. The number of fused-ring (bicyclic) bond motifs is 7. The van der Waals surface area contributed by atoms with Crippen LogP contribution in [-0.4, -0.2) is 9.71 Å². The molecule has 4 heteroatoms. The summed E-state index contributed by atoms with van der Waals surface area (Å²) < 4.78 is -0.444. The van der Waals surface area contributed by atoms with Gasteiger partial charge in [-0.1, -0.05) is 17.7 Å². The summed E-state index contributed by atoms with van der Waals surface area (Å²) >= 11 is 25.2. The first-order valence-corrected chi connectivity index (χ1v) is 7.48. The van der Waals surface area contributed by atoms with E-state index in [9.17, 15) is 0 Å². The topological polar surface area (TPSA) is 0 Å². The number of allylic oxidation sites excluding steroid dienone is 2. The van der Waals surface area contributed by atoms with Gasteiger partial charge in [0, 0.05) is 11.0 Å². The van der Waals surface area contributed by atoms with E-state index in [0.717, 1.165) is 11.5 Å². The molecule has 0 heterocycles. The molecule has 7 atom stereocenters. The van der Waals surface area contributed by atoms with Gasteiger partial charge in [0.05, 0.1) is 5.38 Å². The fraction of sp³-hybridized carbons (Fsp3) is 0.833. The van der Waals surface area contributed by atoms with Gasteiger partial charge in [0.1, 0.15) is 4.33 Å². The van der Waals surface area contributed by atoms with Crippen molar-refractivity contribution in [1.82, 2.24) is 0 Å². The van der Waals surface area contributed by atoms with E-state index in [-0.39, 0.29) is 5.38 Å². The first-order chi connectivity index (χ1) is 7.51. The monoisotopic (exact) mass is 296 g/mol. The lowest BCUT2D eigenvalue weighted by atomic mass is 9.86. The molecule has 0 N–H and O–H groups in total. The molecule has 4 rings (SSSR count). The molecule has 0 aromatic heterocycles. The molecule has 0 radical (unpaired) electrons. The van der Waals surface area contributed by atoms with Gasteiger partial charge in [0.2, 0.25) is 0 Å². The highest BCUT2D eigenvalue weighted by Gasteiger charge is 2.75. The number of rotatable bonds is 0. The van der Waals surface area contributed by atoms with Gasteiger partial charge in [-0.15, -0.1) is 34.8 Å². The zero-order valence-electron chi connectivity index (χ0n) is 8.54. The summed E-state index contributed by atoms with van der Waals surface area (Å²) in [7, 11) is 0. The van der Waals surface area contributed by atoms with Gasteiger partial charge in [-0.05, 0) is 42.4 Å². The lowest BCUT2D eigenvalue weighted by Gasteiger charge is -2.25. The van der Waals surface area contributed by atoms with Crippen LogP contribution in [0.2, 0.25) is 0 Å². The van der Waals surface area contributed by atoms with Crippen LogP contribution in [0.15, 0.2) is 11.1 Å². The van der Waals surface area contributed by atoms with Gasteiger partial charge in [-0.3, -0.25) is 0 Å². The van der Waals surface area contributed by atoms with Crippen LogP contribution in [0.5, 0.6) is 0 Å². The van der Waals surface area contributed by atoms with Crippen molar-refractivity contribution < 1.29 is 0 Å². The smallest absolute Gasteiger partial charge is 0.117 e. The van der Waals surface area contributed by atoms with E-state index >= 15 is 0 Å². The molecule has 0 unspecified atom stereocenters. The van der Waals surface area contributed by atoms with Gasteiger partial charge in [0.25, 0.3) is 0 Å². The third kappa shape index (κ3) is 1.11. The highest BCUT2D eigenvalue weighted by atomic mass is 35.5. The summed E-state index contributed by atoms with van der Waals surface area (Å²) in [6.07, 6.45) is 4.52. The molecular weight excluding hydrogens is 286 g/mol. The SMILES string of the molecule is ClC1=C[C@H]2C[C@H]([C@H]3C[C@@H]4[C@H]([C@H]32)C4(Cl)Cl)[C@@H]1Cl. The number of hydrogen-bond acceptors (Lipinski definition) is 0. The Hall–Kier alpha value is 0.900. The Bertz CT molecular complexity index is 388. The Balaban J connectivity index is 1.72. The van der Waals surface area contributed by atoms with Gasteiger partial charge in [0.15, 0.2) is 0 Å². The average Bonchev–Trinajstić information content (AvgIpc) is 2.63. The van der Waals surface area contributed by atoms with Gasteiger partial charge < -0.3 is 0 Å². The summed E-state index contributed by atoms with van der Waals surface area (Å²) in [5.41, 5.74) is 0. The molecule has 0 saturated heterocycles. The molecule has 3 fully saturated rings. The zero-order chi connectivity index (χ0) is 11.2. The predicted molar refractivity (Wildman–Crippen MR) is 68.2 cm³/mol. The summed E-state index contributed by atoms with van der Waals surface area (Å²) in [6.45, 7) is 0. The summed E-state index contributed by atoms with van der Waals surface area (Å²) in [5, 5.41) is 0.884. The van der Waals surface area contributed by atoms with Crippen LogP contribution in [0.4, 0.5) is 0 Å². The van der Waals surface area contributed by atoms with Crippen molar-refractivity contribution in [1.29, 1.82) is 0 Å². The number of alkyl halides is 3. The summed E-state index contributed by atoms with van der Waals surface area (Å²) in [4.78, 5) is 0. The number of halogens is 4. The van der Waals surface area contributed by atoms with Crippen molar-refractivity contribution in [3.63, 3.8) is 0 Å². The third-order valence-corrected chi connectivity index (χ3v) is 7.40. The molecule has 88 valence electrons. The lowest BCUT2D eigenvalue weighted by molar-refractivity contribution is 0.309. The summed E-state index contributed by atoms with van der Waals surface area (Å²) in [6, 6.07) is 0. The van der Waals surface area contributed by atoms with E-state index in [4.69, 9.17) is 46.4 Å². The quantitative estimate of drug-likeness (QED) is 0.581. The molecule has 2 bridgehead atoms. The highest BCUT2D eigenvalue weighted by Crippen LogP contribution is 2.76. The van der Waals surface area contributed by atoms with Crippen molar-refractivity contribution in [2.24, 2.45) is 35.5 Å². The minimum atomic E-state index is -0.444. The molecule has 0 spiro atoms. The second kappa shape index (κ2) is 3.07. The van der Waals surface area contributed by atoms with E-state index in [1.54, 1.807) is 0 Å². The van der Waals surface area contributed by atoms with Gasteiger partial charge >= 0.3 is 0 Å². The van der Waals surface area contributed by atoms with Crippen LogP contribution in [0.1, 0.15) is 12.8 Å².